The van der Waals surface area contributed by atoms with Gasteiger partial charge < -0.3 is 15.4 Å². The number of nitrogens with zero attached hydrogens (tertiary/aromatic N) is 1. The zero-order valence-electron chi connectivity index (χ0n) is 12.2. The van der Waals surface area contributed by atoms with Gasteiger partial charge in [0, 0.05) is 18.3 Å². The van der Waals surface area contributed by atoms with E-state index in [2.05, 4.69) is 0 Å². The van der Waals surface area contributed by atoms with E-state index < -0.39 is 0 Å². The number of carbonyl (C=O) groups is 1. The maximum Gasteiger partial charge on any atom is 0.246 e. The Morgan fingerprint density at radius 3 is 3.05 bits per heavy atom. The van der Waals surface area contributed by atoms with Gasteiger partial charge in [0.2, 0.25) is 5.91 Å². The van der Waals surface area contributed by atoms with Gasteiger partial charge in [0.1, 0.15) is 0 Å². The van der Waals surface area contributed by atoms with Crippen molar-refractivity contribution in [1.82, 2.24) is 4.90 Å². The summed E-state index contributed by atoms with van der Waals surface area (Å²) in [6.07, 6.45) is 8.26. The molecule has 0 spiro atoms. The van der Waals surface area contributed by atoms with Crippen LogP contribution in [0.3, 0.4) is 0 Å². The molecule has 1 heterocycles. The Bertz CT molecular complexity index is 539. The van der Waals surface area contributed by atoms with Gasteiger partial charge in [0.05, 0.1) is 18.8 Å². The summed E-state index contributed by atoms with van der Waals surface area (Å²) < 4.78 is 5.81. The van der Waals surface area contributed by atoms with E-state index in [1.54, 1.807) is 6.08 Å². The highest BCUT2D eigenvalue weighted by molar-refractivity contribution is 5.92. The summed E-state index contributed by atoms with van der Waals surface area (Å²) in [5.41, 5.74) is 7.42. The van der Waals surface area contributed by atoms with Crippen molar-refractivity contribution in [2.24, 2.45) is 0 Å². The molecule has 1 aromatic rings. The molecule has 1 aliphatic carbocycles. The van der Waals surface area contributed by atoms with Gasteiger partial charge in [-0.05, 0) is 36.6 Å². The first-order valence-corrected chi connectivity index (χ1v) is 7.70. The van der Waals surface area contributed by atoms with Gasteiger partial charge in [-0.15, -0.1) is 0 Å². The van der Waals surface area contributed by atoms with Crippen molar-refractivity contribution in [3.05, 3.63) is 35.9 Å². The van der Waals surface area contributed by atoms with Gasteiger partial charge in [0.25, 0.3) is 0 Å². The van der Waals surface area contributed by atoms with Crippen molar-refractivity contribution in [3.63, 3.8) is 0 Å². The summed E-state index contributed by atoms with van der Waals surface area (Å²) in [6.45, 7) is 1.35. The minimum absolute atomic E-state index is 0.0811. The second-order valence-electron chi connectivity index (χ2n) is 5.80. The quantitative estimate of drug-likeness (QED) is 0.671. The molecule has 3 rings (SSSR count). The molecule has 112 valence electrons. The summed E-state index contributed by atoms with van der Waals surface area (Å²) >= 11 is 0. The van der Waals surface area contributed by atoms with E-state index in [1.807, 2.05) is 35.2 Å². The van der Waals surface area contributed by atoms with Crippen LogP contribution in [0.15, 0.2) is 30.3 Å². The van der Waals surface area contributed by atoms with Crippen LogP contribution in [-0.2, 0) is 9.53 Å². The van der Waals surface area contributed by atoms with Gasteiger partial charge >= 0.3 is 0 Å². The van der Waals surface area contributed by atoms with E-state index in [1.165, 1.54) is 12.8 Å². The number of nitrogens with two attached hydrogens (primary N) is 1. The fraction of sp³-hybridized carbons (Fsp3) is 0.471. The number of benzene rings is 1. The third-order valence-electron chi connectivity index (χ3n) is 4.34. The molecule has 1 amide bonds. The summed E-state index contributed by atoms with van der Waals surface area (Å²) in [6, 6.07) is 7.81. The van der Waals surface area contributed by atoms with Crippen LogP contribution in [0.5, 0.6) is 0 Å². The molecular formula is C17H22N2O2. The zero-order valence-corrected chi connectivity index (χ0v) is 12.2. The molecule has 4 nitrogen and oxygen atoms in total. The van der Waals surface area contributed by atoms with E-state index in [0.717, 1.165) is 18.4 Å². The highest BCUT2D eigenvalue weighted by Gasteiger charge is 2.35. The standard InChI is InChI=1S/C17H22N2O2/c18-14-5-3-4-13(12-14)8-9-17(20)19-10-11-21-16-7-2-1-6-15(16)19/h3-5,8-9,12,15-16H,1-2,6-7,10-11,18H2/b9-8+. The lowest BCUT2D eigenvalue weighted by Crippen LogP contribution is -2.54. The van der Waals surface area contributed by atoms with Crippen molar-refractivity contribution in [3.8, 4) is 0 Å². The minimum Gasteiger partial charge on any atom is -0.399 e. The van der Waals surface area contributed by atoms with Crippen molar-refractivity contribution in [2.45, 2.75) is 37.8 Å². The lowest BCUT2D eigenvalue weighted by Gasteiger charge is -2.43. The fourth-order valence-electron chi connectivity index (χ4n) is 3.30. The minimum atomic E-state index is 0.0811. The molecule has 1 aliphatic heterocycles. The van der Waals surface area contributed by atoms with Crippen LogP contribution in [0.2, 0.25) is 0 Å². The first kappa shape index (κ1) is 14.1. The normalized spacial score (nSPS) is 25.8. The number of carbonyl (C=O) groups excluding carboxylic acids is 1. The third kappa shape index (κ3) is 3.27. The lowest BCUT2D eigenvalue weighted by molar-refractivity contribution is -0.144. The number of amides is 1. The predicted octanol–water partition coefficient (Wildman–Crippen LogP) is 2.45. The molecule has 0 radical (unpaired) electrons. The molecular weight excluding hydrogens is 264 g/mol. The average Bonchev–Trinajstić information content (AvgIpc) is 2.52. The lowest BCUT2D eigenvalue weighted by atomic mass is 9.90. The Labute approximate surface area is 125 Å². The first-order chi connectivity index (χ1) is 10.2. The Morgan fingerprint density at radius 2 is 2.19 bits per heavy atom. The molecule has 4 heteroatoms. The highest BCUT2D eigenvalue weighted by atomic mass is 16.5. The summed E-state index contributed by atoms with van der Waals surface area (Å²) in [5, 5.41) is 0. The molecule has 0 aromatic heterocycles. The fourth-order valence-corrected chi connectivity index (χ4v) is 3.30. The first-order valence-electron chi connectivity index (χ1n) is 7.70. The van der Waals surface area contributed by atoms with E-state index >= 15 is 0 Å². The molecule has 2 N–H and O–H groups in total. The number of hydrogen-bond acceptors (Lipinski definition) is 3. The SMILES string of the molecule is Nc1cccc(/C=C/C(=O)N2CCOC3CCCCC32)c1. The van der Waals surface area contributed by atoms with Crippen LogP contribution in [0, 0.1) is 0 Å². The second kappa shape index (κ2) is 6.31. The Kier molecular flexibility index (Phi) is 4.25. The van der Waals surface area contributed by atoms with Crippen molar-refractivity contribution >= 4 is 17.7 Å². The summed E-state index contributed by atoms with van der Waals surface area (Å²) in [5.74, 6) is 0.0811. The van der Waals surface area contributed by atoms with Gasteiger partial charge in [-0.1, -0.05) is 25.0 Å². The number of hydrogen-bond donors (Lipinski definition) is 1. The topological polar surface area (TPSA) is 55.6 Å². The number of rotatable bonds is 2. The molecule has 21 heavy (non-hydrogen) atoms. The van der Waals surface area contributed by atoms with E-state index in [9.17, 15) is 4.79 Å². The smallest absolute Gasteiger partial charge is 0.246 e. The largest absolute Gasteiger partial charge is 0.399 e. The van der Waals surface area contributed by atoms with Crippen LogP contribution < -0.4 is 5.73 Å². The Morgan fingerprint density at radius 1 is 1.33 bits per heavy atom. The molecule has 1 saturated heterocycles. The second-order valence-corrected chi connectivity index (χ2v) is 5.80. The van der Waals surface area contributed by atoms with E-state index in [0.29, 0.717) is 18.8 Å². The van der Waals surface area contributed by atoms with Crippen molar-refractivity contribution < 1.29 is 9.53 Å². The summed E-state index contributed by atoms with van der Waals surface area (Å²) in [7, 11) is 0. The third-order valence-corrected chi connectivity index (χ3v) is 4.34. The van der Waals surface area contributed by atoms with Gasteiger partial charge in [-0.3, -0.25) is 4.79 Å². The Hall–Kier alpha value is -1.81. The number of nitrogen functional groups attached to an aromatic ring is 1. The van der Waals surface area contributed by atoms with Gasteiger partial charge in [-0.25, -0.2) is 0 Å². The Balaban J connectivity index is 1.69. The van der Waals surface area contributed by atoms with E-state index in [-0.39, 0.29) is 18.1 Å². The molecule has 2 fully saturated rings. The number of ether oxygens (including phenoxy) is 1. The molecule has 2 atom stereocenters. The molecule has 0 bridgehead atoms. The highest BCUT2D eigenvalue weighted by Crippen LogP contribution is 2.28. The van der Waals surface area contributed by atoms with Crippen LogP contribution in [0.1, 0.15) is 31.2 Å². The number of fused-ring (bicyclic) bond motifs is 1. The van der Waals surface area contributed by atoms with Crippen LogP contribution in [-0.4, -0.2) is 36.1 Å². The average molecular weight is 286 g/mol. The summed E-state index contributed by atoms with van der Waals surface area (Å²) in [4.78, 5) is 14.4. The monoisotopic (exact) mass is 286 g/mol. The van der Waals surface area contributed by atoms with Crippen LogP contribution in [0.25, 0.3) is 6.08 Å². The van der Waals surface area contributed by atoms with Crippen molar-refractivity contribution in [2.75, 3.05) is 18.9 Å². The predicted molar refractivity (Wildman–Crippen MR) is 83.6 cm³/mol. The maximum absolute atomic E-state index is 12.5. The number of morpholine rings is 1. The van der Waals surface area contributed by atoms with Crippen molar-refractivity contribution in [1.29, 1.82) is 0 Å². The van der Waals surface area contributed by atoms with Crippen LogP contribution >= 0.6 is 0 Å². The zero-order chi connectivity index (χ0) is 14.7. The van der Waals surface area contributed by atoms with E-state index in [4.69, 9.17) is 10.5 Å². The van der Waals surface area contributed by atoms with Crippen LogP contribution in [0.4, 0.5) is 5.69 Å². The molecule has 1 saturated carbocycles. The maximum atomic E-state index is 12.5. The molecule has 2 unspecified atom stereocenters. The number of anilines is 1. The molecule has 2 aliphatic rings. The van der Waals surface area contributed by atoms with Gasteiger partial charge in [0.15, 0.2) is 0 Å². The molecule has 1 aromatic carbocycles. The van der Waals surface area contributed by atoms with Gasteiger partial charge in [-0.2, -0.15) is 0 Å².